The summed E-state index contributed by atoms with van der Waals surface area (Å²) in [5.41, 5.74) is -0.368. The molecule has 0 saturated heterocycles. The molecule has 0 amide bonds. The standard InChI is InChI=1S/C12H11F3O5/c1-3-19-11(17)10(16)8-6-7(20-12(13,14)15)4-5-9(8)18-2/h4-6H,3H2,1-2H3. The second-order valence-corrected chi connectivity index (χ2v) is 3.46. The van der Waals surface area contributed by atoms with Crippen molar-refractivity contribution in [2.24, 2.45) is 0 Å². The van der Waals surface area contributed by atoms with Crippen molar-refractivity contribution >= 4 is 11.8 Å². The predicted octanol–water partition coefficient (Wildman–Crippen LogP) is 2.34. The third kappa shape index (κ3) is 4.15. The van der Waals surface area contributed by atoms with Crippen molar-refractivity contribution in [1.29, 1.82) is 0 Å². The van der Waals surface area contributed by atoms with Gasteiger partial charge in [-0.25, -0.2) is 4.79 Å². The molecule has 1 aromatic rings. The highest BCUT2D eigenvalue weighted by Crippen LogP contribution is 2.28. The molecule has 0 unspecified atom stereocenters. The van der Waals surface area contributed by atoms with Crippen LogP contribution in [0, 0.1) is 0 Å². The van der Waals surface area contributed by atoms with Gasteiger partial charge in [-0.3, -0.25) is 4.79 Å². The van der Waals surface area contributed by atoms with Crippen LogP contribution in [0.1, 0.15) is 17.3 Å². The number of hydrogen-bond donors (Lipinski definition) is 0. The van der Waals surface area contributed by atoms with Crippen molar-refractivity contribution in [2.75, 3.05) is 13.7 Å². The summed E-state index contributed by atoms with van der Waals surface area (Å²) in [6.45, 7) is 1.46. The molecule has 0 heterocycles. The molecule has 0 aromatic heterocycles. The van der Waals surface area contributed by atoms with Gasteiger partial charge in [-0.2, -0.15) is 0 Å². The smallest absolute Gasteiger partial charge is 0.496 e. The zero-order valence-electron chi connectivity index (χ0n) is 10.6. The Balaban J connectivity index is 3.12. The first-order valence-electron chi connectivity index (χ1n) is 5.43. The summed E-state index contributed by atoms with van der Waals surface area (Å²) in [6.07, 6.45) is -4.90. The van der Waals surface area contributed by atoms with Crippen LogP contribution >= 0.6 is 0 Å². The van der Waals surface area contributed by atoms with Gasteiger partial charge in [-0.15, -0.1) is 13.2 Å². The maximum Gasteiger partial charge on any atom is 0.573 e. The van der Waals surface area contributed by atoms with Crippen LogP contribution < -0.4 is 9.47 Å². The van der Waals surface area contributed by atoms with Crippen molar-refractivity contribution in [3.63, 3.8) is 0 Å². The number of alkyl halides is 3. The number of carbonyl (C=O) groups is 2. The van der Waals surface area contributed by atoms with Crippen LogP contribution in [0.4, 0.5) is 13.2 Å². The number of carbonyl (C=O) groups excluding carboxylic acids is 2. The molecule has 0 saturated carbocycles. The van der Waals surface area contributed by atoms with Gasteiger partial charge in [0.1, 0.15) is 11.5 Å². The van der Waals surface area contributed by atoms with Crippen LogP contribution in [-0.4, -0.2) is 31.8 Å². The number of halogens is 3. The van der Waals surface area contributed by atoms with Crippen molar-refractivity contribution < 1.29 is 37.0 Å². The van der Waals surface area contributed by atoms with E-state index in [9.17, 15) is 22.8 Å². The summed E-state index contributed by atoms with van der Waals surface area (Å²) in [6, 6.07) is 2.83. The van der Waals surface area contributed by atoms with Crippen LogP contribution in [0.25, 0.3) is 0 Å². The molecule has 0 N–H and O–H groups in total. The number of esters is 1. The highest BCUT2D eigenvalue weighted by atomic mass is 19.4. The fourth-order valence-electron chi connectivity index (χ4n) is 1.37. The molecule has 0 aliphatic rings. The molecule has 0 fully saturated rings. The Labute approximate surface area is 112 Å². The number of benzene rings is 1. The van der Waals surface area contributed by atoms with Gasteiger partial charge in [0, 0.05) is 0 Å². The number of ketones is 1. The number of rotatable bonds is 5. The largest absolute Gasteiger partial charge is 0.573 e. The molecule has 1 aromatic carbocycles. The van der Waals surface area contributed by atoms with Crippen LogP contribution in [0.15, 0.2) is 18.2 Å². The van der Waals surface area contributed by atoms with Gasteiger partial charge in [0.25, 0.3) is 5.78 Å². The lowest BCUT2D eigenvalue weighted by Crippen LogP contribution is -2.20. The van der Waals surface area contributed by atoms with E-state index in [1.54, 1.807) is 0 Å². The topological polar surface area (TPSA) is 61.8 Å². The Morgan fingerprint density at radius 2 is 1.90 bits per heavy atom. The third-order valence-electron chi connectivity index (χ3n) is 2.11. The average molecular weight is 292 g/mol. The first kappa shape index (κ1) is 15.8. The van der Waals surface area contributed by atoms with Gasteiger partial charge in [-0.1, -0.05) is 0 Å². The fraction of sp³-hybridized carbons (Fsp3) is 0.333. The van der Waals surface area contributed by atoms with E-state index in [2.05, 4.69) is 9.47 Å². The molecule has 0 aliphatic carbocycles. The van der Waals surface area contributed by atoms with Crippen molar-refractivity contribution in [3.8, 4) is 11.5 Å². The Hall–Kier alpha value is -2.25. The molecule has 0 atom stereocenters. The maximum atomic E-state index is 12.1. The van der Waals surface area contributed by atoms with Crippen LogP contribution in [0.5, 0.6) is 11.5 Å². The Bertz CT molecular complexity index is 510. The fourth-order valence-corrected chi connectivity index (χ4v) is 1.37. The molecule has 0 aliphatic heterocycles. The van der Waals surface area contributed by atoms with E-state index in [-0.39, 0.29) is 17.9 Å². The minimum atomic E-state index is -4.90. The molecule has 0 spiro atoms. The summed E-state index contributed by atoms with van der Waals surface area (Å²) in [5, 5.41) is 0. The predicted molar refractivity (Wildman–Crippen MR) is 60.6 cm³/mol. The summed E-state index contributed by atoms with van der Waals surface area (Å²) in [7, 11) is 1.21. The number of hydrogen-bond acceptors (Lipinski definition) is 5. The van der Waals surface area contributed by atoms with Crippen LogP contribution in [0.2, 0.25) is 0 Å². The lowest BCUT2D eigenvalue weighted by atomic mass is 10.1. The molecule has 8 heteroatoms. The van der Waals surface area contributed by atoms with Gasteiger partial charge >= 0.3 is 12.3 Å². The van der Waals surface area contributed by atoms with E-state index in [0.29, 0.717) is 0 Å². The Morgan fingerprint density at radius 1 is 1.25 bits per heavy atom. The zero-order valence-corrected chi connectivity index (χ0v) is 10.6. The summed E-state index contributed by atoms with van der Waals surface area (Å²) in [5.74, 6) is -2.99. The van der Waals surface area contributed by atoms with E-state index in [0.717, 1.165) is 18.2 Å². The maximum absolute atomic E-state index is 12.1. The minimum absolute atomic E-state index is 0.0361. The second-order valence-electron chi connectivity index (χ2n) is 3.46. The molecule has 20 heavy (non-hydrogen) atoms. The van der Waals surface area contributed by atoms with Gasteiger partial charge in [0.15, 0.2) is 0 Å². The van der Waals surface area contributed by atoms with Crippen LogP contribution in [-0.2, 0) is 9.53 Å². The minimum Gasteiger partial charge on any atom is -0.496 e. The number of methoxy groups -OCH3 is 1. The molecule has 110 valence electrons. The van der Waals surface area contributed by atoms with E-state index >= 15 is 0 Å². The molecule has 0 radical (unpaired) electrons. The number of ether oxygens (including phenoxy) is 3. The zero-order chi connectivity index (χ0) is 15.3. The van der Waals surface area contributed by atoms with Gasteiger partial charge in [-0.05, 0) is 25.1 Å². The first-order valence-corrected chi connectivity index (χ1v) is 5.43. The van der Waals surface area contributed by atoms with Gasteiger partial charge in [0.2, 0.25) is 0 Å². The van der Waals surface area contributed by atoms with Gasteiger partial charge < -0.3 is 14.2 Å². The van der Waals surface area contributed by atoms with Gasteiger partial charge in [0.05, 0.1) is 19.3 Å². The molecule has 1 rings (SSSR count). The van der Waals surface area contributed by atoms with Crippen LogP contribution in [0.3, 0.4) is 0 Å². The van der Waals surface area contributed by atoms with Crippen molar-refractivity contribution in [3.05, 3.63) is 23.8 Å². The molecular weight excluding hydrogens is 281 g/mol. The van der Waals surface area contributed by atoms with E-state index < -0.39 is 23.9 Å². The summed E-state index contributed by atoms with van der Waals surface area (Å²) in [4.78, 5) is 23.1. The Kier molecular flexibility index (Phi) is 4.95. The summed E-state index contributed by atoms with van der Waals surface area (Å²) < 4.78 is 49.3. The number of Topliss-reactive ketones (excluding diaryl/α,β-unsaturated/α-hetero) is 1. The lowest BCUT2D eigenvalue weighted by Gasteiger charge is -2.12. The highest BCUT2D eigenvalue weighted by Gasteiger charge is 2.32. The quantitative estimate of drug-likeness (QED) is 0.473. The lowest BCUT2D eigenvalue weighted by molar-refractivity contribution is -0.274. The van der Waals surface area contributed by atoms with Crippen molar-refractivity contribution in [1.82, 2.24) is 0 Å². The monoisotopic (exact) mass is 292 g/mol. The normalized spacial score (nSPS) is 10.8. The molecule has 5 nitrogen and oxygen atoms in total. The van der Waals surface area contributed by atoms with E-state index in [1.807, 2.05) is 0 Å². The average Bonchev–Trinajstić information content (AvgIpc) is 2.36. The molecular formula is C12H11F3O5. The molecule has 0 bridgehead atoms. The summed E-state index contributed by atoms with van der Waals surface area (Å²) >= 11 is 0. The van der Waals surface area contributed by atoms with Crippen molar-refractivity contribution in [2.45, 2.75) is 13.3 Å². The first-order chi connectivity index (χ1) is 9.28. The third-order valence-corrected chi connectivity index (χ3v) is 2.11. The van der Waals surface area contributed by atoms with E-state index in [1.165, 1.54) is 14.0 Å². The van der Waals surface area contributed by atoms with E-state index in [4.69, 9.17) is 4.74 Å². The SMILES string of the molecule is CCOC(=O)C(=O)c1cc(OC(F)(F)F)ccc1OC. The Morgan fingerprint density at radius 3 is 2.40 bits per heavy atom. The highest BCUT2D eigenvalue weighted by molar-refractivity contribution is 6.41. The second kappa shape index (κ2) is 6.27.